The van der Waals surface area contributed by atoms with Gasteiger partial charge in [0.25, 0.3) is 0 Å². The number of hydrogen-bond acceptors (Lipinski definition) is 8. The zero-order valence-corrected chi connectivity index (χ0v) is 27.2. The molecule has 1 aliphatic carbocycles. The number of pyridine rings is 1. The van der Waals surface area contributed by atoms with Gasteiger partial charge < -0.3 is 20.7 Å². The normalized spacial score (nSPS) is 16.9. The maximum Gasteiger partial charge on any atom is 0.407 e. The van der Waals surface area contributed by atoms with Crippen LogP contribution in [0.3, 0.4) is 0 Å². The minimum Gasteiger partial charge on any atom is -0.444 e. The first-order valence-corrected chi connectivity index (χ1v) is 16.0. The molecule has 3 amide bonds. The molecular formula is C35H42N8O4. The second kappa shape index (κ2) is 15.0. The number of aromatic nitrogens is 5. The summed E-state index contributed by atoms with van der Waals surface area (Å²) in [5.74, 6) is 0.0523. The van der Waals surface area contributed by atoms with Crippen LogP contribution in [-0.2, 0) is 20.7 Å². The summed E-state index contributed by atoms with van der Waals surface area (Å²) in [6.07, 6.45) is 6.45. The Bertz CT molecular complexity index is 1640. The molecule has 4 aromatic rings. The molecule has 47 heavy (non-hydrogen) atoms. The van der Waals surface area contributed by atoms with Crippen molar-refractivity contribution < 1.29 is 19.1 Å². The highest BCUT2D eigenvalue weighted by Gasteiger charge is 2.30. The Morgan fingerprint density at radius 2 is 1.66 bits per heavy atom. The van der Waals surface area contributed by atoms with Crippen molar-refractivity contribution in [1.82, 2.24) is 36.2 Å². The highest BCUT2D eigenvalue weighted by Crippen LogP contribution is 2.29. The van der Waals surface area contributed by atoms with Crippen molar-refractivity contribution in [2.24, 2.45) is 11.8 Å². The number of tetrazole rings is 1. The second-order valence-electron chi connectivity index (χ2n) is 13.1. The van der Waals surface area contributed by atoms with Crippen LogP contribution in [0.25, 0.3) is 22.5 Å². The molecule has 0 bridgehead atoms. The highest BCUT2D eigenvalue weighted by atomic mass is 16.6. The Morgan fingerprint density at radius 3 is 2.30 bits per heavy atom. The van der Waals surface area contributed by atoms with Crippen LogP contribution in [0.15, 0.2) is 67.0 Å². The number of carbonyl (C=O) groups excluding carboxylic acids is 3. The minimum atomic E-state index is -0.795. The first kappa shape index (κ1) is 33.2. The van der Waals surface area contributed by atoms with Crippen LogP contribution in [-0.4, -0.2) is 61.7 Å². The van der Waals surface area contributed by atoms with E-state index in [0.29, 0.717) is 37.3 Å². The van der Waals surface area contributed by atoms with Crippen LogP contribution in [0, 0.1) is 18.8 Å². The molecule has 12 nitrogen and oxygen atoms in total. The van der Waals surface area contributed by atoms with E-state index in [2.05, 4.69) is 41.6 Å². The second-order valence-corrected chi connectivity index (χ2v) is 13.1. The molecule has 0 radical (unpaired) electrons. The van der Waals surface area contributed by atoms with Gasteiger partial charge in [-0.3, -0.25) is 14.6 Å². The lowest BCUT2D eigenvalue weighted by Gasteiger charge is -2.29. The van der Waals surface area contributed by atoms with Gasteiger partial charge in [0.2, 0.25) is 17.6 Å². The topological polar surface area (TPSA) is 164 Å². The van der Waals surface area contributed by atoms with Crippen LogP contribution in [0.4, 0.5) is 10.5 Å². The zero-order chi connectivity index (χ0) is 33.4. The number of ether oxygens (including phenoxy) is 1. The molecule has 1 atom stereocenters. The number of amides is 3. The summed E-state index contributed by atoms with van der Waals surface area (Å²) in [6.45, 7) is 8.04. The largest absolute Gasteiger partial charge is 0.444 e. The van der Waals surface area contributed by atoms with Crippen molar-refractivity contribution in [3.05, 3.63) is 78.1 Å². The number of nitrogens with zero attached hydrogens (tertiary/aromatic N) is 4. The Hall–Kier alpha value is -5.13. The third-order valence-corrected chi connectivity index (χ3v) is 8.28. The Labute approximate surface area is 274 Å². The Morgan fingerprint density at radius 1 is 0.957 bits per heavy atom. The summed E-state index contributed by atoms with van der Waals surface area (Å²) >= 11 is 0. The molecule has 0 aliphatic heterocycles. The van der Waals surface area contributed by atoms with Crippen LogP contribution >= 0.6 is 0 Å². The van der Waals surface area contributed by atoms with E-state index >= 15 is 0 Å². The summed E-state index contributed by atoms with van der Waals surface area (Å²) in [5.41, 5.74) is 4.90. The van der Waals surface area contributed by atoms with E-state index in [4.69, 9.17) is 4.74 Å². The fraction of sp³-hybridized carbons (Fsp3) is 0.400. The van der Waals surface area contributed by atoms with Crippen molar-refractivity contribution in [2.75, 3.05) is 11.9 Å². The lowest BCUT2D eigenvalue weighted by atomic mass is 9.81. The molecule has 246 valence electrons. The van der Waals surface area contributed by atoms with Crippen LogP contribution in [0.1, 0.15) is 57.6 Å². The van der Waals surface area contributed by atoms with E-state index < -0.39 is 17.7 Å². The molecule has 5 rings (SSSR count). The van der Waals surface area contributed by atoms with Gasteiger partial charge in [-0.1, -0.05) is 24.3 Å². The number of benzene rings is 2. The zero-order valence-electron chi connectivity index (χ0n) is 27.2. The smallest absolute Gasteiger partial charge is 0.407 e. The van der Waals surface area contributed by atoms with Crippen LogP contribution < -0.4 is 16.0 Å². The molecule has 4 N–H and O–H groups in total. The molecule has 1 saturated carbocycles. The lowest BCUT2D eigenvalue weighted by molar-refractivity contribution is -0.130. The summed E-state index contributed by atoms with van der Waals surface area (Å²) < 4.78 is 5.34. The average molecular weight is 639 g/mol. The summed E-state index contributed by atoms with van der Waals surface area (Å²) in [4.78, 5) is 43.5. The van der Waals surface area contributed by atoms with E-state index in [1.54, 1.807) is 30.5 Å². The monoisotopic (exact) mass is 638 g/mol. The third kappa shape index (κ3) is 9.44. The number of alkyl carbamates (subject to hydrolysis) is 1. The standard InChI is InChI=1S/C35H42N8O4/c1-22-17-18-36-21-29(22)25-9-5-23(6-10-25)19-30(33(45)38-28-15-13-26(14-16-28)31-40-42-43-41-31)39-32(44)27-11-7-24(8-12-27)20-37-34(46)47-35(2,3)4/h5-6,9-10,13-18,21,24,27,30H,7-8,11-12,19-20H2,1-4H3,(H,37,46)(H,38,45)(H,39,44)(H,40,41,42,43)/t24-,27-,30-/m0/s1. The number of nitrogens with one attached hydrogen (secondary N) is 4. The Kier molecular flexibility index (Phi) is 10.6. The summed E-state index contributed by atoms with van der Waals surface area (Å²) in [7, 11) is 0. The number of H-pyrrole nitrogens is 1. The van der Waals surface area contributed by atoms with Gasteiger partial charge in [0, 0.05) is 48.1 Å². The van der Waals surface area contributed by atoms with E-state index in [1.165, 1.54) is 0 Å². The number of rotatable bonds is 10. The lowest BCUT2D eigenvalue weighted by Crippen LogP contribution is -2.48. The molecular weight excluding hydrogens is 596 g/mol. The van der Waals surface area contributed by atoms with Crippen LogP contribution in [0.2, 0.25) is 0 Å². The Balaban J connectivity index is 1.23. The van der Waals surface area contributed by atoms with E-state index in [-0.39, 0.29) is 23.7 Å². The predicted molar refractivity (Wildman–Crippen MR) is 178 cm³/mol. The van der Waals surface area contributed by atoms with Crippen molar-refractivity contribution in [3.8, 4) is 22.5 Å². The van der Waals surface area contributed by atoms with Gasteiger partial charge >= 0.3 is 6.09 Å². The van der Waals surface area contributed by atoms with Crippen molar-refractivity contribution in [2.45, 2.75) is 71.4 Å². The van der Waals surface area contributed by atoms with Crippen molar-refractivity contribution >= 4 is 23.6 Å². The minimum absolute atomic E-state index is 0.140. The summed E-state index contributed by atoms with van der Waals surface area (Å²) in [6, 6.07) is 16.3. The highest BCUT2D eigenvalue weighted by molar-refractivity contribution is 5.97. The number of hydrogen-bond donors (Lipinski definition) is 4. The van der Waals surface area contributed by atoms with Crippen LogP contribution in [0.5, 0.6) is 0 Å². The van der Waals surface area contributed by atoms with E-state index in [9.17, 15) is 14.4 Å². The van der Waals surface area contributed by atoms with Crippen molar-refractivity contribution in [3.63, 3.8) is 0 Å². The van der Waals surface area contributed by atoms with Gasteiger partial charge in [-0.05, 0) is 112 Å². The van der Waals surface area contributed by atoms with Gasteiger partial charge in [-0.2, -0.15) is 5.21 Å². The average Bonchev–Trinajstić information content (AvgIpc) is 3.59. The maximum absolute atomic E-state index is 13.7. The van der Waals surface area contributed by atoms with E-state index in [1.807, 2.05) is 64.2 Å². The van der Waals surface area contributed by atoms with Gasteiger partial charge in [-0.15, -0.1) is 10.2 Å². The van der Waals surface area contributed by atoms with E-state index in [0.717, 1.165) is 40.7 Å². The molecule has 1 fully saturated rings. The number of aryl methyl sites for hydroxylation is 1. The third-order valence-electron chi connectivity index (χ3n) is 8.28. The van der Waals surface area contributed by atoms with Gasteiger partial charge in [0.15, 0.2) is 0 Å². The quantitative estimate of drug-likeness (QED) is 0.183. The molecule has 2 heterocycles. The molecule has 2 aromatic heterocycles. The van der Waals surface area contributed by atoms with Gasteiger partial charge in [0.1, 0.15) is 11.6 Å². The molecule has 1 aliphatic rings. The predicted octanol–water partition coefficient (Wildman–Crippen LogP) is 5.23. The number of aromatic amines is 1. The maximum atomic E-state index is 13.7. The first-order chi connectivity index (χ1) is 22.5. The molecule has 0 unspecified atom stereocenters. The van der Waals surface area contributed by atoms with Gasteiger partial charge in [-0.25, -0.2) is 4.79 Å². The molecule has 0 saturated heterocycles. The van der Waals surface area contributed by atoms with Crippen molar-refractivity contribution in [1.29, 1.82) is 0 Å². The SMILES string of the molecule is Cc1ccncc1-c1ccc(C[C@H](NC(=O)[C@H]2CC[C@H](CNC(=O)OC(C)(C)C)CC2)C(=O)Nc2ccc(-c3nn[nH]n3)cc2)cc1. The first-order valence-electron chi connectivity index (χ1n) is 16.0. The number of anilines is 1. The molecule has 0 spiro atoms. The molecule has 12 heteroatoms. The summed E-state index contributed by atoms with van der Waals surface area (Å²) in [5, 5.41) is 22.8. The van der Waals surface area contributed by atoms with Gasteiger partial charge in [0.05, 0.1) is 0 Å². The molecule has 2 aromatic carbocycles. The fourth-order valence-electron chi connectivity index (χ4n) is 5.71. The number of carbonyl (C=O) groups is 3. The fourth-order valence-corrected chi connectivity index (χ4v) is 5.71.